The Labute approximate surface area is 133 Å². The number of ether oxygens (including phenoxy) is 1. The van der Waals surface area contributed by atoms with E-state index < -0.39 is 11.1 Å². The lowest BCUT2D eigenvalue weighted by molar-refractivity contribution is 0.231. The Kier molecular flexibility index (Phi) is 5.87. The highest BCUT2D eigenvalue weighted by Crippen LogP contribution is 2.21. The maximum absolute atomic E-state index is 10.7. The molecule has 1 saturated heterocycles. The molecule has 0 N–H and O–H groups in total. The van der Waals surface area contributed by atoms with Crippen molar-refractivity contribution < 1.29 is 13.5 Å². The summed E-state index contributed by atoms with van der Waals surface area (Å²) in [6, 6.07) is 0. The largest absolute Gasteiger partial charge is 0.771 e. The Hall–Kier alpha value is -1.51. The molecule has 0 aromatic carbocycles. The highest BCUT2D eigenvalue weighted by atomic mass is 32.2. The van der Waals surface area contributed by atoms with Crippen LogP contribution in [-0.4, -0.2) is 61.8 Å². The van der Waals surface area contributed by atoms with E-state index in [0.29, 0.717) is 38.0 Å². The lowest BCUT2D eigenvalue weighted by atomic mass is 10.3. The van der Waals surface area contributed by atoms with Crippen LogP contribution in [0.4, 0.5) is 5.95 Å². The van der Waals surface area contributed by atoms with Crippen LogP contribution in [0.2, 0.25) is 0 Å². The van der Waals surface area contributed by atoms with E-state index in [1.165, 1.54) is 0 Å². The minimum Gasteiger partial charge on any atom is -0.771 e. The fourth-order valence-electron chi connectivity index (χ4n) is 2.20. The number of aromatic nitrogens is 2. The van der Waals surface area contributed by atoms with Crippen LogP contribution in [0.3, 0.4) is 0 Å². The Morgan fingerprint density at radius 3 is 2.68 bits per heavy atom. The van der Waals surface area contributed by atoms with E-state index in [9.17, 15) is 8.76 Å². The number of nitrogens with zero attached hydrogens (tertiary/aromatic N) is 4. The molecule has 0 aliphatic carbocycles. The standard InChI is InChI=1S/C14H22N4O3S/c1-4-12-9-15-14(16-13(12)21-11(2)3)18-7-5-17(6-8-18)10-22(19)20/h4,9,11H,1,5-8,10H2,2-3H3,(H,19,20)/p-1. The third-order valence-corrected chi connectivity index (χ3v) is 3.85. The van der Waals surface area contributed by atoms with Crippen molar-refractivity contribution in [1.29, 1.82) is 0 Å². The van der Waals surface area contributed by atoms with Crippen LogP contribution in [0, 0.1) is 0 Å². The quantitative estimate of drug-likeness (QED) is 0.718. The van der Waals surface area contributed by atoms with Gasteiger partial charge in [0, 0.05) is 32.4 Å². The zero-order valence-electron chi connectivity index (χ0n) is 12.9. The van der Waals surface area contributed by atoms with Crippen LogP contribution in [0.5, 0.6) is 5.88 Å². The van der Waals surface area contributed by atoms with Crippen molar-refractivity contribution in [2.24, 2.45) is 0 Å². The number of rotatable bonds is 6. The average molecular weight is 325 g/mol. The second-order valence-corrected chi connectivity index (χ2v) is 6.20. The normalized spacial score (nSPS) is 17.5. The van der Waals surface area contributed by atoms with Crippen molar-refractivity contribution in [3.63, 3.8) is 0 Å². The predicted molar refractivity (Wildman–Crippen MR) is 85.5 cm³/mol. The molecule has 22 heavy (non-hydrogen) atoms. The molecule has 0 saturated carbocycles. The average Bonchev–Trinajstić information content (AvgIpc) is 2.47. The Morgan fingerprint density at radius 1 is 1.45 bits per heavy atom. The van der Waals surface area contributed by atoms with E-state index in [1.54, 1.807) is 12.3 Å². The summed E-state index contributed by atoms with van der Waals surface area (Å²) < 4.78 is 27.2. The number of hydrogen-bond donors (Lipinski definition) is 0. The molecular formula is C14H21N4O3S-. The van der Waals surface area contributed by atoms with Crippen molar-refractivity contribution in [3.8, 4) is 5.88 Å². The number of anilines is 1. The van der Waals surface area contributed by atoms with Crippen LogP contribution in [0.15, 0.2) is 12.8 Å². The molecule has 2 rings (SSSR count). The van der Waals surface area contributed by atoms with Gasteiger partial charge in [-0.1, -0.05) is 12.7 Å². The van der Waals surface area contributed by atoms with Gasteiger partial charge in [-0.05, 0) is 24.9 Å². The second kappa shape index (κ2) is 7.66. The van der Waals surface area contributed by atoms with Gasteiger partial charge in [0.15, 0.2) is 0 Å². The van der Waals surface area contributed by atoms with Gasteiger partial charge in [-0.3, -0.25) is 9.11 Å². The molecule has 0 bridgehead atoms. The molecule has 0 radical (unpaired) electrons. The first-order valence-corrected chi connectivity index (χ1v) is 8.43. The maximum Gasteiger partial charge on any atom is 0.228 e. The smallest absolute Gasteiger partial charge is 0.228 e. The zero-order valence-corrected chi connectivity index (χ0v) is 13.7. The van der Waals surface area contributed by atoms with E-state index in [4.69, 9.17) is 4.74 Å². The second-order valence-electron chi connectivity index (χ2n) is 5.34. The lowest BCUT2D eigenvalue weighted by Crippen LogP contribution is -2.47. The Bertz CT molecular complexity index is 545. The van der Waals surface area contributed by atoms with Gasteiger partial charge in [0.05, 0.1) is 17.5 Å². The van der Waals surface area contributed by atoms with Crippen molar-refractivity contribution >= 4 is 23.1 Å². The SMILES string of the molecule is C=Cc1cnc(N2CCN(CS(=O)[O-])CC2)nc1OC(C)C. The fourth-order valence-corrected chi connectivity index (χ4v) is 2.76. The Morgan fingerprint density at radius 2 is 2.14 bits per heavy atom. The van der Waals surface area contributed by atoms with Crippen molar-refractivity contribution in [2.45, 2.75) is 20.0 Å². The lowest BCUT2D eigenvalue weighted by Gasteiger charge is -2.35. The van der Waals surface area contributed by atoms with Crippen molar-refractivity contribution in [3.05, 3.63) is 18.3 Å². The highest BCUT2D eigenvalue weighted by Gasteiger charge is 2.20. The predicted octanol–water partition coefficient (Wildman–Crippen LogP) is 0.865. The first-order chi connectivity index (χ1) is 10.5. The first-order valence-electron chi connectivity index (χ1n) is 7.19. The van der Waals surface area contributed by atoms with E-state index in [-0.39, 0.29) is 12.0 Å². The van der Waals surface area contributed by atoms with Gasteiger partial charge < -0.3 is 14.2 Å². The minimum atomic E-state index is -2.04. The molecule has 0 spiro atoms. The fraction of sp³-hybridized carbons (Fsp3) is 0.571. The first kappa shape index (κ1) is 16.9. The molecule has 1 fully saturated rings. The van der Waals surface area contributed by atoms with Crippen LogP contribution >= 0.6 is 0 Å². The Balaban J connectivity index is 2.07. The van der Waals surface area contributed by atoms with E-state index in [2.05, 4.69) is 16.5 Å². The third kappa shape index (κ3) is 4.49. The molecule has 0 amide bonds. The monoisotopic (exact) mass is 325 g/mol. The summed E-state index contributed by atoms with van der Waals surface area (Å²) in [7, 11) is 0. The molecule has 1 aromatic heterocycles. The third-order valence-electron chi connectivity index (χ3n) is 3.28. The summed E-state index contributed by atoms with van der Waals surface area (Å²) in [6.45, 7) is 10.3. The van der Waals surface area contributed by atoms with Gasteiger partial charge in [0.1, 0.15) is 0 Å². The highest BCUT2D eigenvalue weighted by molar-refractivity contribution is 7.79. The molecule has 1 aromatic rings. The zero-order chi connectivity index (χ0) is 16.1. The van der Waals surface area contributed by atoms with Gasteiger partial charge in [0.25, 0.3) is 0 Å². The summed E-state index contributed by atoms with van der Waals surface area (Å²) in [5.41, 5.74) is 0.762. The summed E-state index contributed by atoms with van der Waals surface area (Å²) >= 11 is -2.04. The van der Waals surface area contributed by atoms with Crippen molar-refractivity contribution in [1.82, 2.24) is 14.9 Å². The van der Waals surface area contributed by atoms with E-state index in [1.807, 2.05) is 23.6 Å². The van der Waals surface area contributed by atoms with Gasteiger partial charge in [-0.15, -0.1) is 0 Å². The summed E-state index contributed by atoms with van der Waals surface area (Å²) in [6.07, 6.45) is 3.39. The molecule has 8 heteroatoms. The number of hydrogen-bond acceptors (Lipinski definition) is 7. The van der Waals surface area contributed by atoms with Crippen molar-refractivity contribution in [2.75, 3.05) is 37.0 Å². The molecular weight excluding hydrogens is 304 g/mol. The molecule has 2 heterocycles. The van der Waals surface area contributed by atoms with Crippen LogP contribution in [0.25, 0.3) is 6.08 Å². The maximum atomic E-state index is 10.7. The van der Waals surface area contributed by atoms with Crippen LogP contribution in [0.1, 0.15) is 19.4 Å². The van der Waals surface area contributed by atoms with E-state index in [0.717, 1.165) is 5.56 Å². The summed E-state index contributed by atoms with van der Waals surface area (Å²) in [5, 5.41) is 0. The van der Waals surface area contributed by atoms with Crippen LogP contribution < -0.4 is 9.64 Å². The number of piperazine rings is 1. The minimum absolute atomic E-state index is 0.0188. The molecule has 1 aliphatic heterocycles. The van der Waals surface area contributed by atoms with Gasteiger partial charge in [-0.25, -0.2) is 4.98 Å². The molecule has 1 unspecified atom stereocenters. The molecule has 1 atom stereocenters. The topological polar surface area (TPSA) is 81.6 Å². The summed E-state index contributed by atoms with van der Waals surface area (Å²) in [4.78, 5) is 12.7. The van der Waals surface area contributed by atoms with E-state index >= 15 is 0 Å². The van der Waals surface area contributed by atoms with Gasteiger partial charge >= 0.3 is 0 Å². The summed E-state index contributed by atoms with van der Waals surface area (Å²) in [5.74, 6) is 1.20. The van der Waals surface area contributed by atoms with Crippen LogP contribution in [-0.2, 0) is 11.1 Å². The molecule has 7 nitrogen and oxygen atoms in total. The van der Waals surface area contributed by atoms with Gasteiger partial charge in [0.2, 0.25) is 11.8 Å². The molecule has 1 aliphatic rings. The van der Waals surface area contributed by atoms with Gasteiger partial charge in [-0.2, -0.15) is 4.98 Å². The molecule has 122 valence electrons.